The van der Waals surface area contributed by atoms with E-state index in [0.717, 1.165) is 51.2 Å². The molecule has 2 rings (SSSR count). The van der Waals surface area contributed by atoms with Gasteiger partial charge in [0, 0.05) is 30.9 Å². The Morgan fingerprint density at radius 3 is 2.61 bits per heavy atom. The first-order valence-corrected chi connectivity index (χ1v) is 10.9. The van der Waals surface area contributed by atoms with Crippen molar-refractivity contribution in [3.8, 4) is 0 Å². The van der Waals surface area contributed by atoms with E-state index in [-0.39, 0.29) is 11.2 Å². The van der Waals surface area contributed by atoms with Crippen molar-refractivity contribution in [2.45, 2.75) is 38.5 Å². The highest BCUT2D eigenvalue weighted by molar-refractivity contribution is 7.50. The molecule has 5 nitrogen and oxygen atoms in total. The van der Waals surface area contributed by atoms with Crippen LogP contribution in [-0.2, 0) is 6.18 Å². The molecule has 158 valence electrons. The Bertz CT molecular complexity index is 635. The summed E-state index contributed by atoms with van der Waals surface area (Å²) in [6.07, 6.45) is -2.59. The highest BCUT2D eigenvalue weighted by atomic mass is 31.2. The third-order valence-corrected chi connectivity index (χ3v) is 6.43. The van der Waals surface area contributed by atoms with Crippen molar-refractivity contribution in [1.29, 1.82) is 0 Å². The quantitative estimate of drug-likeness (QED) is 0.565. The fourth-order valence-corrected chi connectivity index (χ4v) is 3.79. The van der Waals surface area contributed by atoms with Crippen LogP contribution in [0.2, 0.25) is 0 Å². The molecule has 1 heterocycles. The number of alkyl halides is 3. The topological polar surface area (TPSA) is 64.6 Å². The van der Waals surface area contributed by atoms with Crippen LogP contribution in [0.5, 0.6) is 0 Å². The number of likely N-dealkylation sites (tertiary alicyclic amines) is 1. The molecule has 1 aromatic rings. The third kappa shape index (κ3) is 7.32. The number of nitrogens with one attached hydrogen (secondary N) is 2. The van der Waals surface area contributed by atoms with Crippen molar-refractivity contribution in [2.75, 3.05) is 32.7 Å². The van der Waals surface area contributed by atoms with Crippen LogP contribution in [0.15, 0.2) is 24.3 Å². The number of carbonyl (C=O) groups excluding carboxylic acids is 1. The molecular formula is C19H29F3N3O2P. The Kier molecular flexibility index (Phi) is 8.68. The number of nitrogens with zero attached hydrogens (tertiary/aromatic N) is 1. The molecule has 1 unspecified atom stereocenters. The first-order valence-electron chi connectivity index (χ1n) is 9.56. The number of rotatable bonds is 8. The van der Waals surface area contributed by atoms with Crippen molar-refractivity contribution in [1.82, 2.24) is 15.3 Å². The van der Waals surface area contributed by atoms with Gasteiger partial charge in [-0.2, -0.15) is 13.2 Å². The molecule has 0 aliphatic carbocycles. The molecule has 1 amide bonds. The van der Waals surface area contributed by atoms with E-state index in [0.29, 0.717) is 12.5 Å². The number of benzene rings is 1. The minimum atomic E-state index is -4.45. The van der Waals surface area contributed by atoms with Crippen LogP contribution < -0.4 is 10.4 Å². The molecule has 1 aliphatic rings. The van der Waals surface area contributed by atoms with Gasteiger partial charge in [0.2, 0.25) is 0 Å². The van der Waals surface area contributed by atoms with Gasteiger partial charge in [0.25, 0.3) is 5.91 Å². The van der Waals surface area contributed by atoms with Crippen molar-refractivity contribution in [3.63, 3.8) is 0 Å². The standard InChI is InChI=1S/C19H29F3N3O2P/c1-14(2)28(27)24-8-11-25-9-6-15(7-10-25)13-23-18(26)16-4-3-5-17(12-16)19(20,21)22/h3-5,12,14-15,24,27H,6-11,13H2,1-2H3,(H,23,26). The average Bonchev–Trinajstić information content (AvgIpc) is 2.66. The van der Waals surface area contributed by atoms with Crippen LogP contribution in [0.25, 0.3) is 0 Å². The Hall–Kier alpha value is -1.21. The maximum Gasteiger partial charge on any atom is 0.416 e. The normalized spacial score (nSPS) is 17.7. The summed E-state index contributed by atoms with van der Waals surface area (Å²) in [5.41, 5.74) is -0.545. The van der Waals surface area contributed by atoms with Gasteiger partial charge in [0.1, 0.15) is 8.30 Å². The molecule has 1 aromatic carbocycles. The van der Waals surface area contributed by atoms with Gasteiger partial charge >= 0.3 is 6.18 Å². The second-order valence-electron chi connectivity index (χ2n) is 7.42. The number of carbonyl (C=O) groups is 1. The van der Waals surface area contributed by atoms with Crippen molar-refractivity contribution in [2.24, 2.45) is 5.92 Å². The zero-order chi connectivity index (χ0) is 20.7. The van der Waals surface area contributed by atoms with Crippen LogP contribution in [0.3, 0.4) is 0 Å². The van der Waals surface area contributed by atoms with E-state index in [9.17, 15) is 22.9 Å². The molecule has 0 spiro atoms. The lowest BCUT2D eigenvalue weighted by atomic mass is 9.96. The fraction of sp³-hybridized carbons (Fsp3) is 0.632. The molecule has 9 heteroatoms. The largest absolute Gasteiger partial charge is 0.416 e. The Morgan fingerprint density at radius 1 is 1.32 bits per heavy atom. The van der Waals surface area contributed by atoms with Gasteiger partial charge < -0.3 is 15.1 Å². The predicted octanol–water partition coefficient (Wildman–Crippen LogP) is 3.45. The number of hydrogen-bond donors (Lipinski definition) is 3. The monoisotopic (exact) mass is 419 g/mol. The lowest BCUT2D eigenvalue weighted by Gasteiger charge is -2.32. The molecule has 1 fully saturated rings. The second kappa shape index (κ2) is 10.5. The summed E-state index contributed by atoms with van der Waals surface area (Å²) in [7, 11) is -1.11. The van der Waals surface area contributed by atoms with Crippen molar-refractivity contribution >= 4 is 14.2 Å². The Morgan fingerprint density at radius 2 is 2.00 bits per heavy atom. The van der Waals surface area contributed by atoms with E-state index in [1.54, 1.807) is 0 Å². The second-order valence-corrected chi connectivity index (χ2v) is 9.46. The number of hydrogen-bond acceptors (Lipinski definition) is 4. The molecular weight excluding hydrogens is 390 g/mol. The van der Waals surface area contributed by atoms with Gasteiger partial charge in [-0.1, -0.05) is 19.9 Å². The smallest absolute Gasteiger partial charge is 0.359 e. The average molecular weight is 419 g/mol. The van der Waals surface area contributed by atoms with Crippen LogP contribution in [0.4, 0.5) is 13.2 Å². The summed E-state index contributed by atoms with van der Waals surface area (Å²) < 4.78 is 38.3. The van der Waals surface area contributed by atoms with E-state index in [1.165, 1.54) is 12.1 Å². The highest BCUT2D eigenvalue weighted by Crippen LogP contribution is 2.30. The summed E-state index contributed by atoms with van der Waals surface area (Å²) in [6.45, 7) is 7.88. The van der Waals surface area contributed by atoms with Crippen LogP contribution >= 0.6 is 8.30 Å². The molecule has 0 radical (unpaired) electrons. The molecule has 1 atom stereocenters. The number of halogens is 3. The lowest BCUT2D eigenvalue weighted by molar-refractivity contribution is -0.137. The van der Waals surface area contributed by atoms with Crippen molar-refractivity contribution in [3.05, 3.63) is 35.4 Å². The summed E-state index contributed by atoms with van der Waals surface area (Å²) in [6, 6.07) is 4.50. The maximum absolute atomic E-state index is 12.8. The first kappa shape index (κ1) is 23.1. The minimum absolute atomic E-state index is 0.0315. The Balaban J connectivity index is 1.70. The van der Waals surface area contributed by atoms with Gasteiger partial charge in [-0.05, 0) is 50.0 Å². The van der Waals surface area contributed by atoms with Gasteiger partial charge in [0.15, 0.2) is 0 Å². The first-order chi connectivity index (χ1) is 13.2. The summed E-state index contributed by atoms with van der Waals surface area (Å²) in [5.74, 6) is -0.146. The van der Waals surface area contributed by atoms with E-state index < -0.39 is 25.9 Å². The zero-order valence-corrected chi connectivity index (χ0v) is 17.2. The molecule has 1 aliphatic heterocycles. The SMILES string of the molecule is CC(C)P(O)NCCN1CCC(CNC(=O)c2cccc(C(F)(F)F)c2)CC1. The van der Waals surface area contributed by atoms with E-state index in [2.05, 4.69) is 15.3 Å². The van der Waals surface area contributed by atoms with Crippen LogP contribution in [0, 0.1) is 5.92 Å². The van der Waals surface area contributed by atoms with Crippen molar-refractivity contribution < 1.29 is 22.9 Å². The van der Waals surface area contributed by atoms with Gasteiger partial charge in [-0.3, -0.25) is 9.88 Å². The molecule has 0 aromatic heterocycles. The van der Waals surface area contributed by atoms with E-state index in [1.807, 2.05) is 13.8 Å². The number of piperidine rings is 1. The maximum atomic E-state index is 12.8. The summed E-state index contributed by atoms with van der Waals surface area (Å²) in [4.78, 5) is 24.3. The fourth-order valence-electron chi connectivity index (χ4n) is 3.10. The number of amides is 1. The van der Waals surface area contributed by atoms with Gasteiger partial charge in [0.05, 0.1) is 5.56 Å². The lowest BCUT2D eigenvalue weighted by Crippen LogP contribution is -2.41. The molecule has 3 N–H and O–H groups in total. The molecule has 1 saturated heterocycles. The van der Waals surface area contributed by atoms with E-state index >= 15 is 0 Å². The van der Waals surface area contributed by atoms with E-state index in [4.69, 9.17) is 0 Å². The Labute approximate surface area is 165 Å². The van der Waals surface area contributed by atoms with Crippen LogP contribution in [0.1, 0.15) is 42.6 Å². The highest BCUT2D eigenvalue weighted by Gasteiger charge is 2.31. The predicted molar refractivity (Wildman–Crippen MR) is 105 cm³/mol. The van der Waals surface area contributed by atoms with Gasteiger partial charge in [-0.25, -0.2) is 0 Å². The molecule has 0 bridgehead atoms. The zero-order valence-electron chi connectivity index (χ0n) is 16.3. The van der Waals surface area contributed by atoms with Gasteiger partial charge in [-0.15, -0.1) is 0 Å². The molecule has 0 saturated carbocycles. The minimum Gasteiger partial charge on any atom is -0.359 e. The summed E-state index contributed by atoms with van der Waals surface area (Å²) >= 11 is 0. The third-order valence-electron chi connectivity index (χ3n) is 4.90. The summed E-state index contributed by atoms with van der Waals surface area (Å²) in [5, 5.41) is 5.92. The molecule has 28 heavy (non-hydrogen) atoms. The van der Waals surface area contributed by atoms with Crippen LogP contribution in [-0.4, -0.2) is 54.1 Å².